The topological polar surface area (TPSA) is 272 Å². The molecular weight excluding hydrogens is 451 g/mol. The third-order valence-electron chi connectivity index (χ3n) is 0.750. The van der Waals surface area contributed by atoms with E-state index in [1.807, 2.05) is 0 Å². The molecule has 0 heterocycles. The number of hydrogen-bond acceptors (Lipinski definition) is 9. The molecule has 0 aliphatic carbocycles. The van der Waals surface area contributed by atoms with Gasteiger partial charge in [-0.25, -0.2) is 22.7 Å². The Balaban J connectivity index is -0.000000162. The minimum atomic E-state index is -5.46. The summed E-state index contributed by atoms with van der Waals surface area (Å²) >= 11 is 0. The van der Waals surface area contributed by atoms with Crippen LogP contribution in [0.15, 0.2) is 0 Å². The van der Waals surface area contributed by atoms with Crippen molar-refractivity contribution in [3.05, 3.63) is 0 Å². The molecule has 0 bridgehead atoms. The van der Waals surface area contributed by atoms with E-state index in [-0.39, 0.29) is 59.1 Å². The molecule has 7 N–H and O–H groups in total. The van der Waals surface area contributed by atoms with Gasteiger partial charge in [-0.05, 0) is 0 Å². The van der Waals surface area contributed by atoms with E-state index in [4.69, 9.17) is 34.1 Å². The van der Waals surface area contributed by atoms with Crippen molar-refractivity contribution >= 4 is 99.0 Å². The molecule has 0 aliphatic heterocycles. The van der Waals surface area contributed by atoms with Gasteiger partial charge in [0, 0.05) is 0 Å². The second-order valence-corrected chi connectivity index (χ2v) is 7.99. The molecule has 22 heteroatoms. The zero-order valence-corrected chi connectivity index (χ0v) is 13.3. The number of carboxylic acids is 1. The normalized spacial score (nSPS) is 12.1. The van der Waals surface area contributed by atoms with Crippen LogP contribution in [0.4, 0.5) is 0 Å². The summed E-state index contributed by atoms with van der Waals surface area (Å²) in [6, 6.07) is 0. The van der Waals surface area contributed by atoms with E-state index in [1.54, 1.807) is 0 Å². The van der Waals surface area contributed by atoms with Crippen molar-refractivity contribution < 1.29 is 73.8 Å². The summed E-state index contributed by atoms with van der Waals surface area (Å²) in [7, 11) is -20.8. The molecule has 0 aliphatic rings. The molecule has 0 saturated heterocycles. The van der Waals surface area contributed by atoms with Crippen molar-refractivity contribution in [3.63, 3.8) is 0 Å². The van der Waals surface area contributed by atoms with Crippen LogP contribution < -0.4 is 0 Å². The van der Waals surface area contributed by atoms with E-state index < -0.39 is 46.4 Å². The van der Waals surface area contributed by atoms with Gasteiger partial charge in [-0.2, -0.15) is 17.0 Å². The number of carbonyl (C=O) groups is 1. The Morgan fingerprint density at radius 1 is 0.875 bits per heavy atom. The summed E-state index contributed by atoms with van der Waals surface area (Å²) in [5, 5.41) is 7.78. The van der Waals surface area contributed by atoms with Gasteiger partial charge < -0.3 is 29.6 Å². The van der Waals surface area contributed by atoms with Crippen LogP contribution >= 0.6 is 23.5 Å². The Hall–Kier alpha value is 1.75. The van der Waals surface area contributed by atoms with Gasteiger partial charge in [-0.1, -0.05) is 0 Å². The number of hydrogen-bond donors (Lipinski definition) is 7. The van der Waals surface area contributed by atoms with Crippen LogP contribution in [-0.4, -0.2) is 114 Å². The monoisotopic (exact) mass is 462 g/mol. The first kappa shape index (κ1) is 33.3. The van der Waals surface area contributed by atoms with E-state index in [0.717, 1.165) is 0 Å². The molecule has 0 atom stereocenters. The van der Waals surface area contributed by atoms with E-state index in [0.29, 0.717) is 0 Å². The SMILES string of the molecule is O=C(O)COS(=O)(=O)O.O=P(O)(O)OP(=O)(O)OP(=O)(O)O.[NaH].[NaH]. The van der Waals surface area contributed by atoms with Gasteiger partial charge in [-0.15, -0.1) is 0 Å². The van der Waals surface area contributed by atoms with Crippen LogP contribution in [0.25, 0.3) is 0 Å². The minimum absolute atomic E-state index is 0. The van der Waals surface area contributed by atoms with Crippen molar-refractivity contribution in [2.75, 3.05) is 6.61 Å². The average molecular weight is 462 g/mol. The van der Waals surface area contributed by atoms with Gasteiger partial charge in [0.2, 0.25) is 0 Å². The first-order chi connectivity index (χ1) is 9.33. The van der Waals surface area contributed by atoms with Crippen LogP contribution in [-0.2, 0) is 41.7 Å². The molecule has 0 rings (SSSR count). The molecule has 138 valence electrons. The molecule has 0 aromatic rings. The second kappa shape index (κ2) is 13.0. The number of rotatable bonds is 7. The first-order valence-electron chi connectivity index (χ1n) is 4.03. The summed E-state index contributed by atoms with van der Waals surface area (Å²) in [5.74, 6) is -1.47. The van der Waals surface area contributed by atoms with E-state index in [2.05, 4.69) is 12.8 Å². The van der Waals surface area contributed by atoms with Gasteiger partial charge in [0.15, 0.2) is 6.61 Å². The Bertz CT molecular complexity index is 585. The summed E-state index contributed by atoms with van der Waals surface area (Å²) in [6.45, 7) is -1.06. The van der Waals surface area contributed by atoms with Gasteiger partial charge in [-0.3, -0.25) is 4.55 Å². The van der Waals surface area contributed by atoms with Gasteiger partial charge in [0.25, 0.3) is 0 Å². The predicted molar refractivity (Wildman–Crippen MR) is 75.5 cm³/mol. The average Bonchev–Trinajstić information content (AvgIpc) is 2.05. The third kappa shape index (κ3) is 31.5. The van der Waals surface area contributed by atoms with Gasteiger partial charge in [0.05, 0.1) is 0 Å². The Morgan fingerprint density at radius 3 is 1.29 bits per heavy atom. The fourth-order valence-corrected chi connectivity index (χ4v) is 3.20. The Labute approximate surface area is 178 Å². The maximum atomic E-state index is 10.4. The van der Waals surface area contributed by atoms with E-state index in [1.165, 1.54) is 0 Å². The molecule has 0 unspecified atom stereocenters. The second-order valence-electron chi connectivity index (χ2n) is 2.70. The van der Waals surface area contributed by atoms with Gasteiger partial charge >= 0.3 is 99.0 Å². The van der Waals surface area contributed by atoms with Crippen molar-refractivity contribution in [1.82, 2.24) is 0 Å². The Morgan fingerprint density at radius 2 is 1.17 bits per heavy atom. The quantitative estimate of drug-likeness (QED) is 0.112. The molecule has 0 aromatic heterocycles. The molecular formula is C2H11Na2O16P3S. The van der Waals surface area contributed by atoms with Crippen LogP contribution in [0.3, 0.4) is 0 Å². The van der Waals surface area contributed by atoms with Crippen molar-refractivity contribution in [2.24, 2.45) is 0 Å². The summed E-state index contributed by atoms with van der Waals surface area (Å²) in [6.07, 6.45) is 0. The van der Waals surface area contributed by atoms with E-state index >= 15 is 0 Å². The first-order valence-corrected chi connectivity index (χ1v) is 9.95. The van der Waals surface area contributed by atoms with Crippen LogP contribution in [0.1, 0.15) is 0 Å². The number of aliphatic carboxylic acids is 1. The molecule has 0 radical (unpaired) electrons. The Kier molecular flexibility index (Phi) is 18.1. The standard InChI is InChI=1S/C2H4O6S.2Na.H5O10P3.2H/c3-2(4)1-8-9(5,6)7;;;1-11(2,3)9-13(7,8)10-12(4,5)6;;/h1H2,(H,3,4)(H,5,6,7);;;(H,7,8)(H2,1,2,3)(H2,4,5,6);;. The fraction of sp³-hybridized carbons (Fsp3) is 0.500. The predicted octanol–water partition coefficient (Wildman–Crippen LogP) is -3.10. The van der Waals surface area contributed by atoms with E-state index in [9.17, 15) is 26.9 Å². The third-order valence-corrected chi connectivity index (χ3v) is 4.52. The zero-order chi connectivity index (χ0) is 18.4. The molecule has 0 spiro atoms. The fourth-order valence-electron chi connectivity index (χ4n) is 0.409. The molecule has 0 aromatic carbocycles. The van der Waals surface area contributed by atoms with Gasteiger partial charge in [0.1, 0.15) is 0 Å². The number of phosphoric acid groups is 3. The molecule has 0 fully saturated rings. The van der Waals surface area contributed by atoms with Crippen molar-refractivity contribution in [3.8, 4) is 0 Å². The summed E-state index contributed by atoms with van der Waals surface area (Å²) in [4.78, 5) is 49.8. The van der Waals surface area contributed by atoms with Crippen molar-refractivity contribution in [1.29, 1.82) is 0 Å². The maximum absolute atomic E-state index is 10.4. The summed E-state index contributed by atoms with van der Waals surface area (Å²) < 4.78 is 66.8. The van der Waals surface area contributed by atoms with Crippen LogP contribution in [0.5, 0.6) is 0 Å². The molecule has 16 nitrogen and oxygen atoms in total. The van der Waals surface area contributed by atoms with Crippen molar-refractivity contribution in [2.45, 2.75) is 0 Å². The van der Waals surface area contributed by atoms with Crippen LogP contribution in [0.2, 0.25) is 0 Å². The zero-order valence-electron chi connectivity index (χ0n) is 9.76. The molecule has 0 amide bonds. The molecule has 0 saturated carbocycles. The number of carboxylic acid groups (broad SMARTS) is 1. The summed E-state index contributed by atoms with van der Waals surface area (Å²) in [5.41, 5.74) is 0. The van der Waals surface area contributed by atoms with Crippen LogP contribution in [0, 0.1) is 0 Å². The molecule has 24 heavy (non-hydrogen) atoms.